The Balaban J connectivity index is 1.45. The van der Waals surface area contributed by atoms with Gasteiger partial charge < -0.3 is 9.47 Å². The van der Waals surface area contributed by atoms with Gasteiger partial charge in [0, 0.05) is 6.42 Å². The molecule has 2 heteroatoms. The fourth-order valence-electron chi connectivity index (χ4n) is 6.24. The van der Waals surface area contributed by atoms with Crippen LogP contribution in [0.1, 0.15) is 71.6 Å². The van der Waals surface area contributed by atoms with Crippen LogP contribution >= 0.6 is 0 Å². The van der Waals surface area contributed by atoms with Gasteiger partial charge in [0.1, 0.15) is 0 Å². The lowest BCUT2D eigenvalue weighted by atomic mass is 9.49. The molecule has 2 nitrogen and oxygen atoms in total. The first-order valence-corrected chi connectivity index (χ1v) is 8.95. The zero-order valence-electron chi connectivity index (χ0n) is 13.1. The Hall–Kier alpha value is -0.0800. The van der Waals surface area contributed by atoms with Crippen molar-refractivity contribution in [3.05, 3.63) is 0 Å². The molecule has 0 aromatic heterocycles. The highest BCUT2D eigenvalue weighted by Crippen LogP contribution is 2.61. The third-order valence-corrected chi connectivity index (χ3v) is 6.54. The van der Waals surface area contributed by atoms with E-state index < -0.39 is 0 Å². The lowest BCUT2D eigenvalue weighted by molar-refractivity contribution is -0.258. The van der Waals surface area contributed by atoms with Gasteiger partial charge >= 0.3 is 0 Å². The molecule has 3 atom stereocenters. The Morgan fingerprint density at radius 3 is 2.05 bits per heavy atom. The highest BCUT2D eigenvalue weighted by Gasteiger charge is 2.52. The van der Waals surface area contributed by atoms with Gasteiger partial charge in [-0.2, -0.15) is 0 Å². The smallest absolute Gasteiger partial charge is 0.158 e. The monoisotopic (exact) mass is 278 g/mol. The average Bonchev–Trinajstić information content (AvgIpc) is 2.35. The molecule has 1 saturated heterocycles. The predicted octanol–water partition coefficient (Wildman–Crippen LogP) is 4.52. The summed E-state index contributed by atoms with van der Waals surface area (Å²) >= 11 is 0. The summed E-state index contributed by atoms with van der Waals surface area (Å²) in [5, 5.41) is 0. The van der Waals surface area contributed by atoms with Crippen molar-refractivity contribution < 1.29 is 9.47 Å². The largest absolute Gasteiger partial charge is 0.350 e. The zero-order valence-corrected chi connectivity index (χ0v) is 13.1. The van der Waals surface area contributed by atoms with Crippen LogP contribution in [0.15, 0.2) is 0 Å². The first kappa shape index (κ1) is 13.6. The van der Waals surface area contributed by atoms with Crippen molar-refractivity contribution in [3.8, 4) is 0 Å². The Kier molecular flexibility index (Phi) is 3.38. The molecular weight excluding hydrogens is 248 g/mol. The molecule has 20 heavy (non-hydrogen) atoms. The topological polar surface area (TPSA) is 18.5 Å². The van der Waals surface area contributed by atoms with E-state index in [1.165, 1.54) is 44.9 Å². The summed E-state index contributed by atoms with van der Waals surface area (Å²) < 4.78 is 12.4. The molecule has 4 bridgehead atoms. The molecule has 5 rings (SSSR count). The molecule has 0 spiro atoms. The highest BCUT2D eigenvalue weighted by atomic mass is 16.7. The van der Waals surface area contributed by atoms with Crippen molar-refractivity contribution in [2.75, 3.05) is 0 Å². The van der Waals surface area contributed by atoms with Crippen molar-refractivity contribution >= 4 is 0 Å². The Morgan fingerprint density at radius 1 is 0.900 bits per heavy atom. The summed E-state index contributed by atoms with van der Waals surface area (Å²) in [6.07, 6.45) is 13.3. The summed E-state index contributed by atoms with van der Waals surface area (Å²) in [5.74, 6) is 3.10. The van der Waals surface area contributed by atoms with E-state index in [1.807, 2.05) is 0 Å². The van der Waals surface area contributed by atoms with E-state index in [1.54, 1.807) is 0 Å². The molecule has 0 aromatic rings. The fourth-order valence-corrected chi connectivity index (χ4v) is 6.24. The van der Waals surface area contributed by atoms with Crippen LogP contribution in [0.2, 0.25) is 0 Å². The molecule has 4 aliphatic carbocycles. The van der Waals surface area contributed by atoms with Gasteiger partial charge in [-0.25, -0.2) is 0 Å². The molecule has 3 unspecified atom stereocenters. The third kappa shape index (κ3) is 2.43. The second-order valence-electron chi connectivity index (χ2n) is 8.40. The molecule has 5 fully saturated rings. The van der Waals surface area contributed by atoms with Crippen molar-refractivity contribution in [1.29, 1.82) is 0 Å². The summed E-state index contributed by atoms with van der Waals surface area (Å²) in [6.45, 7) is 4.46. The van der Waals surface area contributed by atoms with Gasteiger partial charge in [-0.05, 0) is 81.5 Å². The van der Waals surface area contributed by atoms with E-state index in [0.29, 0.717) is 17.6 Å². The van der Waals surface area contributed by atoms with Gasteiger partial charge in [0.15, 0.2) is 6.29 Å². The molecular formula is C18H30O2. The van der Waals surface area contributed by atoms with E-state index >= 15 is 0 Å². The van der Waals surface area contributed by atoms with Crippen LogP contribution in [0.5, 0.6) is 0 Å². The lowest BCUT2D eigenvalue weighted by Gasteiger charge is -2.57. The van der Waals surface area contributed by atoms with Crippen molar-refractivity contribution in [3.63, 3.8) is 0 Å². The Bertz CT molecular complexity index is 329. The fraction of sp³-hybridized carbons (Fsp3) is 1.00. The summed E-state index contributed by atoms with van der Waals surface area (Å²) in [4.78, 5) is 0. The standard InChI is InChI=1S/C18H30O2/c1-3-16-4-12(2)19-17(20-16)11-18-8-13-5-14(9-18)7-15(6-13)10-18/h12-17H,3-11H2,1-2H3. The summed E-state index contributed by atoms with van der Waals surface area (Å²) in [6, 6.07) is 0. The SMILES string of the molecule is CCC1CC(C)OC(CC23CC4CC(CC(C4)C2)C3)O1. The molecule has 0 amide bonds. The number of rotatable bonds is 3. The first-order valence-electron chi connectivity index (χ1n) is 8.95. The van der Waals surface area contributed by atoms with E-state index in [2.05, 4.69) is 13.8 Å². The van der Waals surface area contributed by atoms with E-state index in [-0.39, 0.29) is 6.29 Å². The molecule has 0 radical (unpaired) electrons. The molecule has 4 saturated carbocycles. The molecule has 1 heterocycles. The molecule has 0 N–H and O–H groups in total. The van der Waals surface area contributed by atoms with Crippen LogP contribution in [0.4, 0.5) is 0 Å². The number of hydrogen-bond donors (Lipinski definition) is 0. The predicted molar refractivity (Wildman–Crippen MR) is 79.3 cm³/mol. The van der Waals surface area contributed by atoms with Gasteiger partial charge in [0.2, 0.25) is 0 Å². The van der Waals surface area contributed by atoms with E-state index in [4.69, 9.17) is 9.47 Å². The maximum atomic E-state index is 6.22. The van der Waals surface area contributed by atoms with Crippen LogP contribution in [0.25, 0.3) is 0 Å². The summed E-state index contributed by atoms with van der Waals surface area (Å²) in [5.41, 5.74) is 0.578. The van der Waals surface area contributed by atoms with Gasteiger partial charge in [-0.3, -0.25) is 0 Å². The normalized spacial score (nSPS) is 54.3. The van der Waals surface area contributed by atoms with Gasteiger partial charge in [0.25, 0.3) is 0 Å². The van der Waals surface area contributed by atoms with Crippen LogP contribution < -0.4 is 0 Å². The van der Waals surface area contributed by atoms with E-state index in [0.717, 1.165) is 30.6 Å². The van der Waals surface area contributed by atoms with E-state index in [9.17, 15) is 0 Å². The minimum atomic E-state index is 0.0833. The minimum absolute atomic E-state index is 0.0833. The zero-order chi connectivity index (χ0) is 13.7. The average molecular weight is 278 g/mol. The molecule has 5 aliphatic rings. The van der Waals surface area contributed by atoms with Crippen molar-refractivity contribution in [2.24, 2.45) is 23.2 Å². The Morgan fingerprint density at radius 2 is 1.50 bits per heavy atom. The van der Waals surface area contributed by atoms with Crippen LogP contribution in [-0.4, -0.2) is 18.5 Å². The maximum absolute atomic E-state index is 6.22. The summed E-state index contributed by atoms with van der Waals surface area (Å²) in [7, 11) is 0. The third-order valence-electron chi connectivity index (χ3n) is 6.54. The second kappa shape index (κ2) is 4.98. The van der Waals surface area contributed by atoms with Gasteiger partial charge in [-0.15, -0.1) is 0 Å². The second-order valence-corrected chi connectivity index (χ2v) is 8.40. The van der Waals surface area contributed by atoms with Crippen LogP contribution in [0, 0.1) is 23.2 Å². The van der Waals surface area contributed by atoms with Crippen LogP contribution in [-0.2, 0) is 9.47 Å². The number of hydrogen-bond acceptors (Lipinski definition) is 2. The lowest BCUT2D eigenvalue weighted by Crippen LogP contribution is -2.49. The minimum Gasteiger partial charge on any atom is -0.350 e. The molecule has 114 valence electrons. The molecule has 1 aliphatic heterocycles. The maximum Gasteiger partial charge on any atom is 0.158 e. The Labute approximate surface area is 123 Å². The highest BCUT2D eigenvalue weighted by molar-refractivity contribution is 5.01. The van der Waals surface area contributed by atoms with Crippen molar-refractivity contribution in [2.45, 2.75) is 90.1 Å². The van der Waals surface area contributed by atoms with Gasteiger partial charge in [-0.1, -0.05) is 6.92 Å². The number of ether oxygens (including phenoxy) is 2. The van der Waals surface area contributed by atoms with Crippen molar-refractivity contribution in [1.82, 2.24) is 0 Å². The quantitative estimate of drug-likeness (QED) is 0.755. The molecule has 0 aromatic carbocycles. The van der Waals surface area contributed by atoms with Gasteiger partial charge in [0.05, 0.1) is 12.2 Å². The first-order chi connectivity index (χ1) is 9.64. The van der Waals surface area contributed by atoms with Crippen LogP contribution in [0.3, 0.4) is 0 Å².